The van der Waals surface area contributed by atoms with E-state index >= 15 is 0 Å². The molecule has 2 aromatic rings. The predicted molar refractivity (Wildman–Crippen MR) is 84.8 cm³/mol. The van der Waals surface area contributed by atoms with Gasteiger partial charge in [0, 0.05) is 23.9 Å². The Labute approximate surface area is 141 Å². The van der Waals surface area contributed by atoms with Crippen LogP contribution in [0.2, 0.25) is 0 Å². The van der Waals surface area contributed by atoms with E-state index in [0.717, 1.165) is 36.8 Å². The second kappa shape index (κ2) is 8.07. The summed E-state index contributed by atoms with van der Waals surface area (Å²) in [7, 11) is 0. The van der Waals surface area contributed by atoms with Gasteiger partial charge in [-0.05, 0) is 41.0 Å². The highest BCUT2D eigenvalue weighted by Crippen LogP contribution is 2.29. The lowest BCUT2D eigenvalue weighted by molar-refractivity contribution is 0.0631. The van der Waals surface area contributed by atoms with E-state index < -0.39 is 5.76 Å². The highest BCUT2D eigenvalue weighted by atomic mass is 32.2. The third-order valence-corrected chi connectivity index (χ3v) is 5.24. The minimum atomic E-state index is -2.39. The summed E-state index contributed by atoms with van der Waals surface area (Å²) in [5.74, 6) is -1.69. The van der Waals surface area contributed by atoms with Crippen molar-refractivity contribution in [3.63, 3.8) is 0 Å². The smallest absolute Gasteiger partial charge is 0.288 e. The van der Waals surface area contributed by atoms with Gasteiger partial charge in [0.25, 0.3) is 5.76 Å². The molecule has 0 atom stereocenters. The van der Waals surface area contributed by atoms with Crippen LogP contribution in [0.3, 0.4) is 0 Å². The summed E-state index contributed by atoms with van der Waals surface area (Å²) in [5.41, 5.74) is 1.05. The van der Waals surface area contributed by atoms with Gasteiger partial charge < -0.3 is 4.74 Å². The van der Waals surface area contributed by atoms with Crippen LogP contribution in [0.5, 0.6) is 0 Å². The first-order valence-electron chi connectivity index (χ1n) is 7.24. The Morgan fingerprint density at radius 2 is 1.96 bits per heavy atom. The number of halogens is 2. The second-order valence-corrected chi connectivity index (χ2v) is 7.07. The minimum Gasteiger partial charge on any atom is -0.381 e. The topological polar surface area (TPSA) is 52.8 Å². The van der Waals surface area contributed by atoms with Gasteiger partial charge in [0.05, 0.1) is 6.04 Å². The number of alkyl halides is 2. The molecule has 3 rings (SSSR count). The Bertz CT molecular complexity index is 617. The van der Waals surface area contributed by atoms with Crippen molar-refractivity contribution >= 4 is 23.5 Å². The molecular weight excluding hydrogens is 342 g/mol. The third kappa shape index (κ3) is 4.65. The highest BCUT2D eigenvalue weighted by molar-refractivity contribution is 7.99. The first kappa shape index (κ1) is 16.7. The van der Waals surface area contributed by atoms with Gasteiger partial charge in [0.1, 0.15) is 0 Å². The van der Waals surface area contributed by atoms with Crippen LogP contribution in [0.1, 0.15) is 24.4 Å². The van der Waals surface area contributed by atoms with Crippen LogP contribution < -0.4 is 0 Å². The molecule has 0 aliphatic carbocycles. The van der Waals surface area contributed by atoms with E-state index in [1.54, 1.807) is 23.9 Å². The molecule has 0 amide bonds. The summed E-state index contributed by atoms with van der Waals surface area (Å²) in [5, 5.41) is 12.7. The van der Waals surface area contributed by atoms with Gasteiger partial charge in [-0.1, -0.05) is 35.7 Å². The molecule has 1 aromatic heterocycles. The Morgan fingerprint density at radius 1 is 1.22 bits per heavy atom. The molecule has 0 bridgehead atoms. The molecule has 0 unspecified atom stereocenters. The fourth-order valence-electron chi connectivity index (χ4n) is 2.35. The van der Waals surface area contributed by atoms with Crippen LogP contribution in [-0.4, -0.2) is 39.2 Å². The largest absolute Gasteiger partial charge is 0.381 e. The van der Waals surface area contributed by atoms with Gasteiger partial charge in [-0.15, -0.1) is 5.10 Å². The maximum atomic E-state index is 12.3. The summed E-state index contributed by atoms with van der Waals surface area (Å²) in [4.78, 5) is 0.570. The van der Waals surface area contributed by atoms with Gasteiger partial charge in [-0.2, -0.15) is 8.78 Å². The lowest BCUT2D eigenvalue weighted by Crippen LogP contribution is -2.21. The normalized spacial score (nSPS) is 16.1. The molecule has 0 spiro atoms. The maximum absolute atomic E-state index is 12.3. The maximum Gasteiger partial charge on any atom is 0.288 e. The van der Waals surface area contributed by atoms with E-state index in [1.165, 1.54) is 0 Å². The summed E-state index contributed by atoms with van der Waals surface area (Å²) in [6, 6.07) is 7.44. The van der Waals surface area contributed by atoms with Crippen LogP contribution in [0.4, 0.5) is 8.78 Å². The summed E-state index contributed by atoms with van der Waals surface area (Å²) in [6.07, 6.45) is 1.83. The van der Waals surface area contributed by atoms with Gasteiger partial charge in [-0.25, -0.2) is 4.68 Å². The number of benzene rings is 1. The van der Waals surface area contributed by atoms with Crippen molar-refractivity contribution in [3.8, 4) is 0 Å². The first-order chi connectivity index (χ1) is 11.2. The van der Waals surface area contributed by atoms with E-state index in [4.69, 9.17) is 4.74 Å². The zero-order chi connectivity index (χ0) is 16.1. The number of nitrogens with zero attached hydrogens (tertiary/aromatic N) is 4. The van der Waals surface area contributed by atoms with E-state index in [1.807, 2.05) is 16.8 Å². The lowest BCUT2D eigenvalue weighted by atomic mass is 10.1. The molecule has 0 radical (unpaired) electrons. The first-order valence-corrected chi connectivity index (χ1v) is 9.11. The number of thioether (sulfide) groups is 2. The van der Waals surface area contributed by atoms with Gasteiger partial charge in [-0.3, -0.25) is 0 Å². The lowest BCUT2D eigenvalue weighted by Gasteiger charge is -2.22. The van der Waals surface area contributed by atoms with Crippen LogP contribution >= 0.6 is 23.5 Å². The fourth-order valence-corrected chi connectivity index (χ4v) is 3.75. The molecule has 1 fully saturated rings. The predicted octanol–water partition coefficient (Wildman–Crippen LogP) is 3.63. The molecule has 9 heteroatoms. The minimum absolute atomic E-state index is 0.283. The van der Waals surface area contributed by atoms with Crippen molar-refractivity contribution in [1.82, 2.24) is 20.2 Å². The molecule has 0 N–H and O–H groups in total. The van der Waals surface area contributed by atoms with Crippen molar-refractivity contribution < 1.29 is 13.5 Å². The Morgan fingerprint density at radius 3 is 2.65 bits per heavy atom. The summed E-state index contributed by atoms with van der Waals surface area (Å²) >= 11 is 2.11. The molecule has 2 heterocycles. The highest BCUT2D eigenvalue weighted by Gasteiger charge is 2.20. The van der Waals surface area contributed by atoms with E-state index in [9.17, 15) is 8.78 Å². The average molecular weight is 358 g/mol. The monoisotopic (exact) mass is 358 g/mol. The van der Waals surface area contributed by atoms with E-state index in [0.29, 0.717) is 22.4 Å². The van der Waals surface area contributed by atoms with Crippen molar-refractivity contribution in [2.75, 3.05) is 13.2 Å². The number of rotatable bonds is 6. The van der Waals surface area contributed by atoms with Crippen molar-refractivity contribution in [2.45, 2.75) is 40.4 Å². The van der Waals surface area contributed by atoms with Gasteiger partial charge >= 0.3 is 0 Å². The standard InChI is InChI=1S/C14H16F2N4OS2/c15-13(16)23-12-3-1-10(2-4-12)9-22-14-17-18-19-20(14)11-5-7-21-8-6-11/h1-4,11,13H,5-9H2. The Hall–Kier alpha value is -1.19. The van der Waals surface area contributed by atoms with Crippen LogP contribution in [0.15, 0.2) is 34.3 Å². The fraction of sp³-hybridized carbons (Fsp3) is 0.500. The summed E-state index contributed by atoms with van der Waals surface area (Å²) in [6.45, 7) is 1.47. The summed E-state index contributed by atoms with van der Waals surface area (Å²) < 4.78 is 31.8. The molecule has 124 valence electrons. The quantitative estimate of drug-likeness (QED) is 0.735. The molecule has 1 aliphatic heterocycles. The van der Waals surface area contributed by atoms with E-state index in [2.05, 4.69) is 15.5 Å². The molecule has 1 aliphatic rings. The molecule has 5 nitrogen and oxygen atoms in total. The number of ether oxygens (including phenoxy) is 1. The zero-order valence-electron chi connectivity index (χ0n) is 12.3. The van der Waals surface area contributed by atoms with Gasteiger partial charge in [0.2, 0.25) is 5.16 Å². The van der Waals surface area contributed by atoms with Crippen LogP contribution in [0, 0.1) is 0 Å². The van der Waals surface area contributed by atoms with Crippen LogP contribution in [0.25, 0.3) is 0 Å². The second-order valence-electron chi connectivity index (χ2n) is 5.06. The van der Waals surface area contributed by atoms with Gasteiger partial charge in [0.15, 0.2) is 0 Å². The Balaban J connectivity index is 1.59. The molecule has 1 aromatic carbocycles. The van der Waals surface area contributed by atoms with Crippen LogP contribution in [-0.2, 0) is 10.5 Å². The number of tetrazole rings is 1. The van der Waals surface area contributed by atoms with E-state index in [-0.39, 0.29) is 6.04 Å². The molecular formula is C14H16F2N4OS2. The third-order valence-electron chi connectivity index (χ3n) is 3.52. The molecule has 0 saturated carbocycles. The Kier molecular flexibility index (Phi) is 5.85. The zero-order valence-corrected chi connectivity index (χ0v) is 13.9. The number of aromatic nitrogens is 4. The van der Waals surface area contributed by atoms with Crippen molar-refractivity contribution in [3.05, 3.63) is 29.8 Å². The SMILES string of the molecule is FC(F)Sc1ccc(CSc2nnnn2C2CCOCC2)cc1. The average Bonchev–Trinajstić information content (AvgIpc) is 3.03. The van der Waals surface area contributed by atoms with Crippen molar-refractivity contribution in [1.29, 1.82) is 0 Å². The number of hydrogen-bond donors (Lipinski definition) is 0. The number of hydrogen-bond acceptors (Lipinski definition) is 6. The molecule has 1 saturated heterocycles. The molecule has 23 heavy (non-hydrogen) atoms. The van der Waals surface area contributed by atoms with Crippen molar-refractivity contribution in [2.24, 2.45) is 0 Å².